The zero-order valence-corrected chi connectivity index (χ0v) is 20.8. The maximum Gasteiger partial charge on any atom is 0.199 e. The number of nitrogens with one attached hydrogen (secondary N) is 1. The number of aromatic hydroxyl groups is 1. The minimum Gasteiger partial charge on any atom is -0.494 e. The van der Waals surface area contributed by atoms with Gasteiger partial charge in [0.2, 0.25) is 0 Å². The van der Waals surface area contributed by atoms with Crippen molar-refractivity contribution in [3.8, 4) is 17.4 Å². The second kappa shape index (κ2) is 11.1. The molecule has 0 aliphatic rings. The normalized spacial score (nSPS) is 11.9. The fraction of sp³-hybridized carbons (Fsp3) is 0.276. The van der Waals surface area contributed by atoms with Crippen LogP contribution in [0.2, 0.25) is 0 Å². The minimum absolute atomic E-state index is 0.0568. The van der Waals surface area contributed by atoms with E-state index in [1.165, 1.54) is 5.56 Å². The van der Waals surface area contributed by atoms with Crippen LogP contribution in [0, 0.1) is 0 Å². The fourth-order valence-corrected chi connectivity index (χ4v) is 4.04. The molecule has 0 fully saturated rings. The molecule has 6 nitrogen and oxygen atoms in total. The molecule has 3 aromatic carbocycles. The van der Waals surface area contributed by atoms with Crippen LogP contribution < -0.4 is 9.47 Å². The predicted octanol–water partition coefficient (Wildman–Crippen LogP) is 5.94. The molecule has 0 atom stereocenters. The highest BCUT2D eigenvalue weighted by Crippen LogP contribution is 2.38. The summed E-state index contributed by atoms with van der Waals surface area (Å²) in [5.41, 5.74) is 5.06. The van der Waals surface area contributed by atoms with E-state index >= 15 is 0 Å². The second-order valence-electron chi connectivity index (χ2n) is 8.61. The SMILES string of the molecule is CCOc1cc2[nH]c(O)c(C(=Nc3ccc(CCN(C)C)cc3)c3ccccc3)c2cc1OCC. The third-order valence-electron chi connectivity index (χ3n) is 5.75. The maximum absolute atomic E-state index is 11.0. The summed E-state index contributed by atoms with van der Waals surface area (Å²) in [6.07, 6.45) is 0.980. The zero-order chi connectivity index (χ0) is 24.8. The van der Waals surface area contributed by atoms with Gasteiger partial charge in [-0.25, -0.2) is 4.99 Å². The highest BCUT2D eigenvalue weighted by Gasteiger charge is 2.21. The van der Waals surface area contributed by atoms with Gasteiger partial charge in [0.05, 0.1) is 35.7 Å². The van der Waals surface area contributed by atoms with E-state index in [2.05, 4.69) is 36.1 Å². The molecule has 0 amide bonds. The van der Waals surface area contributed by atoms with Crippen LogP contribution in [-0.2, 0) is 6.42 Å². The van der Waals surface area contributed by atoms with Gasteiger partial charge in [0.1, 0.15) is 0 Å². The van der Waals surface area contributed by atoms with E-state index in [1.807, 2.05) is 68.4 Å². The van der Waals surface area contributed by atoms with E-state index in [0.29, 0.717) is 36.0 Å². The number of hydrogen-bond donors (Lipinski definition) is 2. The van der Waals surface area contributed by atoms with E-state index in [4.69, 9.17) is 14.5 Å². The Hall–Kier alpha value is -3.77. The first-order valence-corrected chi connectivity index (χ1v) is 12.0. The fourth-order valence-electron chi connectivity index (χ4n) is 4.04. The highest BCUT2D eigenvalue weighted by atomic mass is 16.5. The zero-order valence-electron chi connectivity index (χ0n) is 20.8. The lowest BCUT2D eigenvalue weighted by Gasteiger charge is -2.12. The van der Waals surface area contributed by atoms with Crippen LogP contribution >= 0.6 is 0 Å². The monoisotopic (exact) mass is 471 g/mol. The Morgan fingerprint density at radius 3 is 2.20 bits per heavy atom. The summed E-state index contributed by atoms with van der Waals surface area (Å²) in [6, 6.07) is 22.0. The van der Waals surface area contributed by atoms with Crippen molar-refractivity contribution >= 4 is 22.3 Å². The number of aliphatic imine (C=N–C) groups is 1. The van der Waals surface area contributed by atoms with Crippen molar-refractivity contribution in [1.82, 2.24) is 9.88 Å². The number of ether oxygens (including phenoxy) is 2. The number of likely N-dealkylation sites (N-methyl/N-ethyl adjacent to an activating group) is 1. The molecule has 6 heteroatoms. The summed E-state index contributed by atoms with van der Waals surface area (Å²) in [5.74, 6) is 1.34. The lowest BCUT2D eigenvalue weighted by Crippen LogP contribution is -2.14. The Morgan fingerprint density at radius 2 is 1.57 bits per heavy atom. The van der Waals surface area contributed by atoms with Crippen LogP contribution in [0.5, 0.6) is 17.4 Å². The van der Waals surface area contributed by atoms with Gasteiger partial charge in [-0.1, -0.05) is 42.5 Å². The van der Waals surface area contributed by atoms with Gasteiger partial charge < -0.3 is 24.5 Å². The highest BCUT2D eigenvalue weighted by molar-refractivity contribution is 6.22. The number of fused-ring (bicyclic) bond motifs is 1. The summed E-state index contributed by atoms with van der Waals surface area (Å²) in [5, 5.41) is 11.8. The maximum atomic E-state index is 11.0. The first-order chi connectivity index (χ1) is 17.0. The molecule has 1 aromatic heterocycles. The van der Waals surface area contributed by atoms with Crippen LogP contribution in [0.3, 0.4) is 0 Å². The third-order valence-corrected chi connectivity index (χ3v) is 5.75. The number of benzene rings is 3. The Bertz CT molecular complexity index is 1290. The Morgan fingerprint density at radius 1 is 0.914 bits per heavy atom. The molecule has 4 aromatic rings. The van der Waals surface area contributed by atoms with Crippen molar-refractivity contribution in [3.05, 3.63) is 83.4 Å². The van der Waals surface area contributed by atoms with Crippen LogP contribution in [-0.4, -0.2) is 54.6 Å². The molecule has 0 radical (unpaired) electrons. The Labute approximate surface area is 206 Å². The van der Waals surface area contributed by atoms with E-state index in [-0.39, 0.29) is 5.88 Å². The van der Waals surface area contributed by atoms with Gasteiger partial charge in [-0.15, -0.1) is 0 Å². The quantitative estimate of drug-likeness (QED) is 0.281. The van der Waals surface area contributed by atoms with Gasteiger partial charge in [0.25, 0.3) is 0 Å². The molecular weight excluding hydrogens is 438 g/mol. The molecule has 0 unspecified atom stereocenters. The van der Waals surface area contributed by atoms with Crippen LogP contribution in [0.15, 0.2) is 71.7 Å². The standard InChI is InChI=1S/C29H33N3O3/c1-5-34-25-18-23-24(19-26(25)35-6-2)31-29(33)27(23)28(21-10-8-7-9-11-21)30-22-14-12-20(13-15-22)16-17-32(3)4/h7-15,18-19,31,33H,5-6,16-17H2,1-4H3. The summed E-state index contributed by atoms with van der Waals surface area (Å²) < 4.78 is 11.6. The molecule has 0 saturated heterocycles. The summed E-state index contributed by atoms with van der Waals surface area (Å²) in [4.78, 5) is 10.3. The number of aromatic nitrogens is 1. The number of H-pyrrole nitrogens is 1. The molecule has 182 valence electrons. The molecule has 0 spiro atoms. The molecule has 2 N–H and O–H groups in total. The molecule has 0 aliphatic heterocycles. The number of rotatable bonds is 10. The van der Waals surface area contributed by atoms with Crippen molar-refractivity contribution in [2.24, 2.45) is 4.99 Å². The van der Waals surface area contributed by atoms with Crippen molar-refractivity contribution in [3.63, 3.8) is 0 Å². The smallest absolute Gasteiger partial charge is 0.199 e. The summed E-state index contributed by atoms with van der Waals surface area (Å²) >= 11 is 0. The first-order valence-electron chi connectivity index (χ1n) is 12.0. The second-order valence-corrected chi connectivity index (χ2v) is 8.61. The molecular formula is C29H33N3O3. The van der Waals surface area contributed by atoms with Crippen molar-refractivity contribution in [2.45, 2.75) is 20.3 Å². The van der Waals surface area contributed by atoms with Gasteiger partial charge in [-0.05, 0) is 58.1 Å². The van der Waals surface area contributed by atoms with Crippen molar-refractivity contribution in [2.75, 3.05) is 33.9 Å². The lowest BCUT2D eigenvalue weighted by atomic mass is 10.0. The Kier molecular flexibility index (Phi) is 7.73. The average molecular weight is 472 g/mol. The Balaban J connectivity index is 1.84. The van der Waals surface area contributed by atoms with E-state index in [9.17, 15) is 5.11 Å². The number of hydrogen-bond acceptors (Lipinski definition) is 5. The van der Waals surface area contributed by atoms with Crippen LogP contribution in [0.1, 0.15) is 30.5 Å². The average Bonchev–Trinajstić information content (AvgIpc) is 3.17. The van der Waals surface area contributed by atoms with E-state index < -0.39 is 0 Å². The lowest BCUT2D eigenvalue weighted by molar-refractivity contribution is 0.288. The first kappa shape index (κ1) is 24.4. The van der Waals surface area contributed by atoms with E-state index in [0.717, 1.165) is 35.1 Å². The van der Waals surface area contributed by atoms with Crippen molar-refractivity contribution < 1.29 is 14.6 Å². The van der Waals surface area contributed by atoms with Crippen molar-refractivity contribution in [1.29, 1.82) is 0 Å². The number of nitrogens with zero attached hydrogens (tertiary/aromatic N) is 2. The summed E-state index contributed by atoms with van der Waals surface area (Å²) in [6.45, 7) is 5.90. The van der Waals surface area contributed by atoms with Gasteiger partial charge >= 0.3 is 0 Å². The topological polar surface area (TPSA) is 70.1 Å². The van der Waals surface area contributed by atoms with E-state index in [1.54, 1.807) is 0 Å². The molecule has 0 bridgehead atoms. The van der Waals surface area contributed by atoms with Gasteiger partial charge in [0.15, 0.2) is 17.4 Å². The van der Waals surface area contributed by atoms with Gasteiger partial charge in [0, 0.05) is 23.6 Å². The van der Waals surface area contributed by atoms with Crippen LogP contribution in [0.25, 0.3) is 10.9 Å². The summed E-state index contributed by atoms with van der Waals surface area (Å²) in [7, 11) is 4.15. The minimum atomic E-state index is 0.0568. The number of aromatic amines is 1. The van der Waals surface area contributed by atoms with Gasteiger partial charge in [-0.3, -0.25) is 0 Å². The molecule has 4 rings (SSSR count). The molecule has 1 heterocycles. The molecule has 0 aliphatic carbocycles. The predicted molar refractivity (Wildman–Crippen MR) is 143 cm³/mol. The third kappa shape index (κ3) is 5.66. The van der Waals surface area contributed by atoms with Gasteiger partial charge in [-0.2, -0.15) is 0 Å². The van der Waals surface area contributed by atoms with Crippen LogP contribution in [0.4, 0.5) is 5.69 Å². The molecule has 35 heavy (non-hydrogen) atoms. The molecule has 0 saturated carbocycles. The largest absolute Gasteiger partial charge is 0.494 e.